The minimum atomic E-state index is -0.460. The summed E-state index contributed by atoms with van der Waals surface area (Å²) in [5, 5.41) is 1.02. The van der Waals surface area contributed by atoms with Crippen molar-refractivity contribution in [1.82, 2.24) is 9.47 Å². The minimum Gasteiger partial charge on any atom is -0.494 e. The minimum absolute atomic E-state index is 0.327. The highest BCUT2D eigenvalue weighted by Gasteiger charge is 2.30. The molecule has 8 nitrogen and oxygen atoms in total. The normalized spacial score (nSPS) is 12.5. The number of benzene rings is 2. The molecular formula is C27H33N3O5. The molecule has 0 aliphatic carbocycles. The molecule has 0 atom stereocenters. The van der Waals surface area contributed by atoms with Gasteiger partial charge in [-0.25, -0.2) is 4.79 Å². The van der Waals surface area contributed by atoms with Gasteiger partial charge in [0, 0.05) is 51.0 Å². The molecule has 0 unspecified atom stereocenters. The summed E-state index contributed by atoms with van der Waals surface area (Å²) in [5.74, 6) is 0.648. The maximum absolute atomic E-state index is 13.8. The van der Waals surface area contributed by atoms with Crippen LogP contribution in [0, 0.1) is 6.92 Å². The lowest BCUT2D eigenvalue weighted by molar-refractivity contribution is 0.0835. The lowest BCUT2D eigenvalue weighted by Crippen LogP contribution is -2.45. The number of amides is 3. The number of urea groups is 1. The van der Waals surface area contributed by atoms with Gasteiger partial charge in [0.2, 0.25) is 0 Å². The highest BCUT2D eigenvalue weighted by atomic mass is 16.5. The fraction of sp³-hybridized carbons (Fsp3) is 0.407. The smallest absolute Gasteiger partial charge is 0.331 e. The Bertz CT molecular complexity index is 1220. The first-order chi connectivity index (χ1) is 16.9. The molecule has 0 bridgehead atoms. The van der Waals surface area contributed by atoms with Crippen LogP contribution in [0.5, 0.6) is 11.5 Å². The van der Waals surface area contributed by atoms with Crippen molar-refractivity contribution in [3.05, 3.63) is 53.2 Å². The Morgan fingerprint density at radius 2 is 1.77 bits per heavy atom. The van der Waals surface area contributed by atoms with Crippen LogP contribution in [-0.4, -0.2) is 62.9 Å². The van der Waals surface area contributed by atoms with Crippen LogP contribution in [0.15, 0.2) is 36.5 Å². The summed E-state index contributed by atoms with van der Waals surface area (Å²) in [6, 6.07) is 9.06. The number of carbonyl (C=O) groups is 2. The van der Waals surface area contributed by atoms with Crippen molar-refractivity contribution in [3.8, 4) is 11.5 Å². The first-order valence-electron chi connectivity index (χ1n) is 11.8. The van der Waals surface area contributed by atoms with E-state index in [0.29, 0.717) is 42.3 Å². The van der Waals surface area contributed by atoms with E-state index in [4.69, 9.17) is 14.2 Å². The number of ether oxygens (including phenoxy) is 3. The Kier molecular flexibility index (Phi) is 7.31. The Morgan fingerprint density at radius 3 is 2.43 bits per heavy atom. The summed E-state index contributed by atoms with van der Waals surface area (Å²) in [7, 11) is 6.24. The van der Waals surface area contributed by atoms with E-state index in [1.54, 1.807) is 21.3 Å². The monoisotopic (exact) mass is 479 g/mol. The Balaban J connectivity index is 1.70. The number of nitrogens with zero attached hydrogens (tertiary/aromatic N) is 3. The molecule has 3 amide bonds. The van der Waals surface area contributed by atoms with E-state index in [1.807, 2.05) is 37.3 Å². The summed E-state index contributed by atoms with van der Waals surface area (Å²) in [5.41, 5.74) is 4.25. The van der Waals surface area contributed by atoms with Crippen LogP contribution in [0.2, 0.25) is 0 Å². The van der Waals surface area contributed by atoms with E-state index >= 15 is 0 Å². The van der Waals surface area contributed by atoms with Crippen molar-refractivity contribution in [2.45, 2.75) is 32.7 Å². The van der Waals surface area contributed by atoms with Gasteiger partial charge in [-0.05, 0) is 67.6 Å². The van der Waals surface area contributed by atoms with Gasteiger partial charge in [-0.3, -0.25) is 14.6 Å². The average molecular weight is 480 g/mol. The molecular weight excluding hydrogens is 446 g/mol. The van der Waals surface area contributed by atoms with E-state index in [2.05, 4.69) is 10.8 Å². The van der Waals surface area contributed by atoms with Crippen LogP contribution >= 0.6 is 0 Å². The van der Waals surface area contributed by atoms with Crippen molar-refractivity contribution in [3.63, 3.8) is 0 Å². The van der Waals surface area contributed by atoms with Gasteiger partial charge in [-0.2, -0.15) is 0 Å². The molecule has 0 spiro atoms. The molecule has 0 radical (unpaired) electrons. The third-order valence-corrected chi connectivity index (χ3v) is 6.48. The molecule has 1 aliphatic heterocycles. The van der Waals surface area contributed by atoms with E-state index in [-0.39, 0.29) is 5.91 Å². The second kappa shape index (κ2) is 10.4. The molecule has 0 fully saturated rings. The Hall–Kier alpha value is -3.52. The number of methoxy groups -OCH3 is 3. The molecule has 1 aliphatic rings. The van der Waals surface area contributed by atoms with Crippen LogP contribution in [0.4, 0.5) is 10.5 Å². The van der Waals surface area contributed by atoms with Gasteiger partial charge >= 0.3 is 6.03 Å². The largest absolute Gasteiger partial charge is 0.494 e. The summed E-state index contributed by atoms with van der Waals surface area (Å²) in [4.78, 5) is 30.0. The first-order valence-corrected chi connectivity index (χ1v) is 11.8. The number of hydrogen-bond acceptors (Lipinski definition) is 5. The van der Waals surface area contributed by atoms with E-state index in [9.17, 15) is 9.59 Å². The Morgan fingerprint density at radius 1 is 1.06 bits per heavy atom. The van der Waals surface area contributed by atoms with Gasteiger partial charge < -0.3 is 18.8 Å². The third kappa shape index (κ3) is 4.71. The van der Waals surface area contributed by atoms with Crippen LogP contribution < -0.4 is 14.4 Å². The van der Waals surface area contributed by atoms with Gasteiger partial charge in [-0.1, -0.05) is 0 Å². The van der Waals surface area contributed by atoms with Gasteiger partial charge in [0.05, 0.1) is 19.7 Å². The number of rotatable bonds is 8. The van der Waals surface area contributed by atoms with Gasteiger partial charge in [0.15, 0.2) is 0 Å². The average Bonchev–Trinajstić information content (AvgIpc) is 3.29. The zero-order valence-corrected chi connectivity index (χ0v) is 21.1. The first kappa shape index (κ1) is 24.6. The fourth-order valence-electron chi connectivity index (χ4n) is 4.80. The summed E-state index contributed by atoms with van der Waals surface area (Å²) >= 11 is 0. The molecule has 1 aromatic heterocycles. The van der Waals surface area contributed by atoms with Crippen LogP contribution in [0.3, 0.4) is 0 Å². The number of anilines is 1. The van der Waals surface area contributed by atoms with Crippen molar-refractivity contribution in [1.29, 1.82) is 0 Å². The molecule has 2 heterocycles. The molecule has 8 heteroatoms. The van der Waals surface area contributed by atoms with Crippen molar-refractivity contribution < 1.29 is 23.8 Å². The number of imide groups is 1. The van der Waals surface area contributed by atoms with Crippen molar-refractivity contribution >= 4 is 28.5 Å². The quantitative estimate of drug-likeness (QED) is 0.440. The second-order valence-electron chi connectivity index (χ2n) is 8.85. The molecule has 4 rings (SSSR count). The topological polar surface area (TPSA) is 73.2 Å². The molecule has 0 saturated carbocycles. The van der Waals surface area contributed by atoms with Crippen LogP contribution in [0.1, 0.15) is 34.3 Å². The lowest BCUT2D eigenvalue weighted by Gasteiger charge is -2.30. The molecule has 186 valence electrons. The second-order valence-corrected chi connectivity index (χ2v) is 8.85. The predicted octanol–water partition coefficient (Wildman–Crippen LogP) is 4.65. The Labute approximate surface area is 206 Å². The number of aryl methyl sites for hydroxylation is 3. The SMILES string of the molecule is COCCCN(C(=O)N(C)C(=O)c1cc2c3c(ccn3CCC2)c1)c1c(OC)cc(C)cc1OC. The summed E-state index contributed by atoms with van der Waals surface area (Å²) in [6.07, 6.45) is 4.59. The summed E-state index contributed by atoms with van der Waals surface area (Å²) < 4.78 is 18.6. The number of hydrogen-bond donors (Lipinski definition) is 0. The van der Waals surface area contributed by atoms with Gasteiger partial charge in [-0.15, -0.1) is 0 Å². The molecule has 35 heavy (non-hydrogen) atoms. The van der Waals surface area contributed by atoms with E-state index in [1.165, 1.54) is 22.4 Å². The highest BCUT2D eigenvalue weighted by molar-refractivity contribution is 6.10. The molecule has 0 N–H and O–H groups in total. The van der Waals surface area contributed by atoms with Crippen LogP contribution in [-0.2, 0) is 17.7 Å². The zero-order chi connectivity index (χ0) is 25.1. The maximum Gasteiger partial charge on any atom is 0.331 e. The third-order valence-electron chi connectivity index (χ3n) is 6.48. The van der Waals surface area contributed by atoms with E-state index < -0.39 is 6.03 Å². The molecule has 3 aromatic rings. The van der Waals surface area contributed by atoms with Crippen molar-refractivity contribution in [2.24, 2.45) is 0 Å². The lowest BCUT2D eigenvalue weighted by atomic mass is 10.00. The molecule has 2 aromatic carbocycles. The fourth-order valence-corrected chi connectivity index (χ4v) is 4.80. The van der Waals surface area contributed by atoms with Crippen LogP contribution in [0.25, 0.3) is 10.9 Å². The van der Waals surface area contributed by atoms with Crippen molar-refractivity contribution in [2.75, 3.05) is 46.4 Å². The van der Waals surface area contributed by atoms with E-state index in [0.717, 1.165) is 35.9 Å². The number of aromatic nitrogens is 1. The highest BCUT2D eigenvalue weighted by Crippen LogP contribution is 2.40. The zero-order valence-electron chi connectivity index (χ0n) is 21.1. The standard InChI is InChI=1S/C27H33N3O5/c1-18-14-22(34-4)25(23(15-18)35-5)30(11-7-13-33-3)27(32)28(2)26(31)21-16-19-8-6-10-29-12-9-20(17-21)24(19)29/h9,12,14-17H,6-8,10-11,13H2,1-5H3. The summed E-state index contributed by atoms with van der Waals surface area (Å²) in [6.45, 7) is 3.71. The maximum atomic E-state index is 13.8. The van der Waals surface area contributed by atoms with Gasteiger partial charge in [0.1, 0.15) is 17.2 Å². The number of carbonyl (C=O) groups excluding carboxylic acids is 2. The van der Waals surface area contributed by atoms with Gasteiger partial charge in [0.25, 0.3) is 5.91 Å². The molecule has 0 saturated heterocycles. The predicted molar refractivity (Wildman–Crippen MR) is 136 cm³/mol.